The number of hydrogen-bond donors (Lipinski definition) is 1. The molecule has 0 aromatic heterocycles. The number of hydrogen-bond acceptors (Lipinski definition) is 5. The van der Waals surface area contributed by atoms with Crippen LogP contribution in [0.2, 0.25) is 0 Å². The molecule has 0 spiro atoms. The third kappa shape index (κ3) is 4.62. The van der Waals surface area contributed by atoms with Gasteiger partial charge in [0, 0.05) is 19.4 Å². The average Bonchev–Trinajstić information content (AvgIpc) is 3.17. The number of ether oxygens (including phenoxy) is 3. The second-order valence-electron chi connectivity index (χ2n) is 6.75. The molecular formula is C22H26N2O5. The van der Waals surface area contributed by atoms with E-state index in [9.17, 15) is 9.59 Å². The number of anilines is 2. The third-order valence-electron chi connectivity index (χ3n) is 4.91. The van der Waals surface area contributed by atoms with Gasteiger partial charge < -0.3 is 24.4 Å². The van der Waals surface area contributed by atoms with Gasteiger partial charge in [0.05, 0.1) is 32.7 Å². The van der Waals surface area contributed by atoms with E-state index in [0.717, 1.165) is 17.7 Å². The summed E-state index contributed by atoms with van der Waals surface area (Å²) in [7, 11) is 4.67. The molecule has 0 aliphatic carbocycles. The largest absolute Gasteiger partial charge is 0.493 e. The van der Waals surface area contributed by atoms with Crippen molar-refractivity contribution in [2.45, 2.75) is 25.7 Å². The van der Waals surface area contributed by atoms with Gasteiger partial charge in [0.25, 0.3) is 0 Å². The third-order valence-corrected chi connectivity index (χ3v) is 4.91. The molecule has 0 bridgehead atoms. The van der Waals surface area contributed by atoms with Gasteiger partial charge in [-0.25, -0.2) is 0 Å². The van der Waals surface area contributed by atoms with E-state index in [1.54, 1.807) is 26.2 Å². The first-order valence-electron chi connectivity index (χ1n) is 9.55. The molecule has 0 unspecified atom stereocenters. The van der Waals surface area contributed by atoms with Crippen molar-refractivity contribution in [1.29, 1.82) is 0 Å². The van der Waals surface area contributed by atoms with Crippen molar-refractivity contribution in [3.05, 3.63) is 42.0 Å². The molecule has 1 fully saturated rings. The molecule has 2 amide bonds. The Hall–Kier alpha value is -3.22. The number of nitrogens with zero attached hydrogens (tertiary/aromatic N) is 1. The van der Waals surface area contributed by atoms with Gasteiger partial charge in [-0.05, 0) is 42.7 Å². The highest BCUT2D eigenvalue weighted by molar-refractivity contribution is 6.02. The molecule has 7 nitrogen and oxygen atoms in total. The fourth-order valence-corrected chi connectivity index (χ4v) is 3.47. The average molecular weight is 398 g/mol. The number of carbonyl (C=O) groups is 2. The molecule has 1 saturated heterocycles. The monoisotopic (exact) mass is 398 g/mol. The highest BCUT2D eigenvalue weighted by Crippen LogP contribution is 2.38. The molecule has 2 aromatic rings. The highest BCUT2D eigenvalue weighted by atomic mass is 16.5. The van der Waals surface area contributed by atoms with Gasteiger partial charge in [-0.2, -0.15) is 0 Å². The zero-order chi connectivity index (χ0) is 20.8. The molecule has 1 N–H and O–H groups in total. The summed E-state index contributed by atoms with van der Waals surface area (Å²) < 4.78 is 16.1. The Bertz CT molecular complexity index is 872. The molecule has 1 aliphatic heterocycles. The van der Waals surface area contributed by atoms with Crippen LogP contribution in [0.25, 0.3) is 0 Å². The molecule has 7 heteroatoms. The lowest BCUT2D eigenvalue weighted by Crippen LogP contribution is -2.25. The van der Waals surface area contributed by atoms with Crippen molar-refractivity contribution < 1.29 is 23.8 Å². The van der Waals surface area contributed by atoms with Crippen molar-refractivity contribution in [3.8, 4) is 17.2 Å². The zero-order valence-electron chi connectivity index (χ0n) is 17.0. The van der Waals surface area contributed by atoms with E-state index in [1.165, 1.54) is 0 Å². The molecule has 1 aliphatic rings. The molecule has 2 aromatic carbocycles. The smallest absolute Gasteiger partial charge is 0.227 e. The number of aryl methyl sites for hydroxylation is 1. The quantitative estimate of drug-likeness (QED) is 0.737. The number of methoxy groups -OCH3 is 3. The van der Waals surface area contributed by atoms with Gasteiger partial charge in [0.2, 0.25) is 17.6 Å². The van der Waals surface area contributed by atoms with Crippen molar-refractivity contribution in [2.24, 2.45) is 0 Å². The fraction of sp³-hybridized carbons (Fsp3) is 0.364. The minimum absolute atomic E-state index is 0.0871. The van der Waals surface area contributed by atoms with Gasteiger partial charge in [-0.1, -0.05) is 12.1 Å². The SMILES string of the molecule is COc1cc(CCC(=O)Nc2ccccc2N2CCCC2=O)cc(OC)c1OC. The lowest BCUT2D eigenvalue weighted by atomic mass is 10.1. The number of para-hydroxylation sites is 2. The normalized spacial score (nSPS) is 13.3. The summed E-state index contributed by atoms with van der Waals surface area (Å²) in [4.78, 5) is 26.4. The van der Waals surface area contributed by atoms with Crippen LogP contribution in [-0.2, 0) is 16.0 Å². The number of rotatable bonds is 8. The summed E-state index contributed by atoms with van der Waals surface area (Å²) in [5, 5.41) is 2.94. The maximum absolute atomic E-state index is 12.6. The summed E-state index contributed by atoms with van der Waals surface area (Å²) in [5.41, 5.74) is 2.30. The predicted octanol–water partition coefficient (Wildman–Crippen LogP) is 3.41. The van der Waals surface area contributed by atoms with Crippen LogP contribution in [0.4, 0.5) is 11.4 Å². The van der Waals surface area contributed by atoms with E-state index in [2.05, 4.69) is 5.32 Å². The van der Waals surface area contributed by atoms with Crippen LogP contribution in [0, 0.1) is 0 Å². The number of nitrogens with one attached hydrogen (secondary N) is 1. The second kappa shape index (κ2) is 9.32. The molecule has 0 saturated carbocycles. The standard InChI is InChI=1S/C22H26N2O5/c1-27-18-13-15(14-19(28-2)22(18)29-3)10-11-20(25)23-16-7-4-5-8-17(16)24-12-6-9-21(24)26/h4-5,7-8,13-14H,6,9-12H2,1-3H3,(H,23,25). The number of benzene rings is 2. The summed E-state index contributed by atoms with van der Waals surface area (Å²) in [6.07, 6.45) is 2.17. The maximum Gasteiger partial charge on any atom is 0.227 e. The van der Waals surface area contributed by atoms with Crippen molar-refractivity contribution >= 4 is 23.2 Å². The number of carbonyl (C=O) groups excluding carboxylic acids is 2. The maximum atomic E-state index is 12.6. The molecule has 154 valence electrons. The minimum atomic E-state index is -0.127. The zero-order valence-corrected chi connectivity index (χ0v) is 17.0. The summed E-state index contributed by atoms with van der Waals surface area (Å²) in [6.45, 7) is 0.678. The van der Waals surface area contributed by atoms with E-state index in [1.807, 2.05) is 36.4 Å². The summed E-state index contributed by atoms with van der Waals surface area (Å²) >= 11 is 0. The molecular weight excluding hydrogens is 372 g/mol. The van der Waals surface area contributed by atoms with Gasteiger partial charge in [0.15, 0.2) is 11.5 Å². The molecule has 3 rings (SSSR count). The van der Waals surface area contributed by atoms with Crippen LogP contribution in [-0.4, -0.2) is 39.7 Å². The van der Waals surface area contributed by atoms with Crippen LogP contribution >= 0.6 is 0 Å². The van der Waals surface area contributed by atoms with E-state index < -0.39 is 0 Å². The lowest BCUT2D eigenvalue weighted by Gasteiger charge is -2.20. The molecule has 29 heavy (non-hydrogen) atoms. The molecule has 1 heterocycles. The van der Waals surface area contributed by atoms with Crippen LogP contribution in [0.5, 0.6) is 17.2 Å². The van der Waals surface area contributed by atoms with E-state index in [-0.39, 0.29) is 18.2 Å². The van der Waals surface area contributed by atoms with Gasteiger partial charge in [-0.15, -0.1) is 0 Å². The number of amides is 2. The Morgan fingerprint density at radius 3 is 2.34 bits per heavy atom. The van der Waals surface area contributed by atoms with Gasteiger partial charge >= 0.3 is 0 Å². The first-order valence-corrected chi connectivity index (χ1v) is 9.55. The second-order valence-corrected chi connectivity index (χ2v) is 6.75. The van der Waals surface area contributed by atoms with Gasteiger partial charge in [-0.3, -0.25) is 9.59 Å². The Labute approximate surface area is 170 Å². The minimum Gasteiger partial charge on any atom is -0.493 e. The molecule has 0 radical (unpaired) electrons. The van der Waals surface area contributed by atoms with Gasteiger partial charge in [0.1, 0.15) is 0 Å². The lowest BCUT2D eigenvalue weighted by molar-refractivity contribution is -0.117. The van der Waals surface area contributed by atoms with Crippen LogP contribution in [0.1, 0.15) is 24.8 Å². The molecule has 0 atom stereocenters. The Morgan fingerprint density at radius 2 is 1.76 bits per heavy atom. The highest BCUT2D eigenvalue weighted by Gasteiger charge is 2.24. The fourth-order valence-electron chi connectivity index (χ4n) is 3.47. The summed E-state index contributed by atoms with van der Waals surface area (Å²) in [6, 6.07) is 11.1. The van der Waals surface area contributed by atoms with Crippen LogP contribution in [0.3, 0.4) is 0 Å². The van der Waals surface area contributed by atoms with Crippen molar-refractivity contribution in [3.63, 3.8) is 0 Å². The van der Waals surface area contributed by atoms with Crippen LogP contribution < -0.4 is 24.4 Å². The first-order chi connectivity index (χ1) is 14.1. The summed E-state index contributed by atoms with van der Waals surface area (Å²) in [5.74, 6) is 1.59. The van der Waals surface area contributed by atoms with Crippen LogP contribution in [0.15, 0.2) is 36.4 Å². The predicted molar refractivity (Wildman–Crippen MR) is 111 cm³/mol. The topological polar surface area (TPSA) is 77.1 Å². The Balaban J connectivity index is 1.69. The van der Waals surface area contributed by atoms with E-state index >= 15 is 0 Å². The van der Waals surface area contributed by atoms with Crippen molar-refractivity contribution in [1.82, 2.24) is 0 Å². The Kier molecular flexibility index (Phi) is 6.59. The van der Waals surface area contributed by atoms with E-state index in [4.69, 9.17) is 14.2 Å². The Morgan fingerprint density at radius 1 is 1.07 bits per heavy atom. The first kappa shape index (κ1) is 20.5. The van der Waals surface area contributed by atoms with Crippen molar-refractivity contribution in [2.75, 3.05) is 38.1 Å². The van der Waals surface area contributed by atoms with E-state index in [0.29, 0.717) is 42.3 Å².